The van der Waals surface area contributed by atoms with Crippen LogP contribution in [0, 0.1) is 0 Å². The number of amides is 1. The highest BCUT2D eigenvalue weighted by atomic mass is 16.5. The second kappa shape index (κ2) is 5.39. The molecule has 1 aliphatic rings. The summed E-state index contributed by atoms with van der Waals surface area (Å²) in [6, 6.07) is 0. The third-order valence-electron chi connectivity index (χ3n) is 3.26. The number of aryl methyl sites for hydroxylation is 1. The van der Waals surface area contributed by atoms with Gasteiger partial charge in [-0.15, -0.1) is 0 Å². The summed E-state index contributed by atoms with van der Waals surface area (Å²) in [5.41, 5.74) is 6.69. The Bertz CT molecular complexity index is 410. The fraction of sp³-hybridized carbons (Fsp3) is 0.667. The monoisotopic (exact) mass is 252 g/mol. The third-order valence-corrected chi connectivity index (χ3v) is 3.26. The van der Waals surface area contributed by atoms with Crippen molar-refractivity contribution in [1.82, 2.24) is 14.7 Å². The van der Waals surface area contributed by atoms with E-state index < -0.39 is 0 Å². The van der Waals surface area contributed by atoms with E-state index in [1.807, 2.05) is 4.90 Å². The number of hydrogen-bond donors (Lipinski definition) is 1. The number of aromatic nitrogens is 2. The Morgan fingerprint density at radius 1 is 1.67 bits per heavy atom. The lowest BCUT2D eigenvalue weighted by atomic mass is 10.2. The molecule has 1 unspecified atom stereocenters. The average molecular weight is 252 g/mol. The number of carbonyl (C=O) groups excluding carboxylic acids is 1. The Morgan fingerprint density at radius 2 is 2.44 bits per heavy atom. The topological polar surface area (TPSA) is 73.4 Å². The SMILES string of the molecule is CCC1CN(C(=O)c2c(N)cnn2C)CCCO1. The smallest absolute Gasteiger partial charge is 0.274 e. The van der Waals surface area contributed by atoms with E-state index in [0.717, 1.165) is 12.8 Å². The summed E-state index contributed by atoms with van der Waals surface area (Å²) in [7, 11) is 1.73. The maximum Gasteiger partial charge on any atom is 0.274 e. The van der Waals surface area contributed by atoms with Crippen molar-refractivity contribution in [3.8, 4) is 0 Å². The molecule has 2 heterocycles. The largest absolute Gasteiger partial charge is 0.396 e. The molecule has 0 saturated carbocycles. The zero-order valence-corrected chi connectivity index (χ0v) is 10.9. The van der Waals surface area contributed by atoms with E-state index >= 15 is 0 Å². The number of nitrogens with zero attached hydrogens (tertiary/aromatic N) is 3. The van der Waals surface area contributed by atoms with E-state index in [-0.39, 0.29) is 12.0 Å². The van der Waals surface area contributed by atoms with Crippen LogP contribution in [0.5, 0.6) is 0 Å². The fourth-order valence-corrected chi connectivity index (χ4v) is 2.19. The zero-order chi connectivity index (χ0) is 13.1. The summed E-state index contributed by atoms with van der Waals surface area (Å²) in [6.07, 6.45) is 3.40. The van der Waals surface area contributed by atoms with E-state index in [1.165, 1.54) is 10.9 Å². The molecule has 1 aliphatic heterocycles. The third kappa shape index (κ3) is 2.48. The van der Waals surface area contributed by atoms with Crippen LogP contribution in [-0.2, 0) is 11.8 Å². The highest BCUT2D eigenvalue weighted by Crippen LogP contribution is 2.16. The van der Waals surface area contributed by atoms with Crippen LogP contribution in [-0.4, -0.2) is 46.4 Å². The van der Waals surface area contributed by atoms with Gasteiger partial charge in [-0.25, -0.2) is 0 Å². The van der Waals surface area contributed by atoms with Crippen LogP contribution in [0.3, 0.4) is 0 Å². The Labute approximate surface area is 107 Å². The fourth-order valence-electron chi connectivity index (χ4n) is 2.19. The van der Waals surface area contributed by atoms with Crippen molar-refractivity contribution in [3.05, 3.63) is 11.9 Å². The number of anilines is 1. The summed E-state index contributed by atoms with van der Waals surface area (Å²) in [6.45, 7) is 4.11. The van der Waals surface area contributed by atoms with Crippen molar-refractivity contribution >= 4 is 11.6 Å². The van der Waals surface area contributed by atoms with E-state index in [9.17, 15) is 4.79 Å². The minimum Gasteiger partial charge on any atom is -0.396 e. The standard InChI is InChI=1S/C12H20N4O2/c1-3-9-8-16(5-4-6-18-9)12(17)11-10(13)7-14-15(11)2/h7,9H,3-6,8,13H2,1-2H3. The molecule has 1 amide bonds. The van der Waals surface area contributed by atoms with Crippen molar-refractivity contribution in [2.75, 3.05) is 25.4 Å². The lowest BCUT2D eigenvalue weighted by Gasteiger charge is -2.23. The minimum atomic E-state index is -0.0588. The van der Waals surface area contributed by atoms with Gasteiger partial charge in [0.05, 0.1) is 18.0 Å². The van der Waals surface area contributed by atoms with Crippen molar-refractivity contribution in [2.45, 2.75) is 25.9 Å². The first-order chi connectivity index (χ1) is 8.63. The number of carbonyl (C=O) groups is 1. The van der Waals surface area contributed by atoms with Gasteiger partial charge in [0.2, 0.25) is 0 Å². The van der Waals surface area contributed by atoms with Gasteiger partial charge < -0.3 is 15.4 Å². The van der Waals surface area contributed by atoms with Gasteiger partial charge in [0, 0.05) is 26.7 Å². The summed E-state index contributed by atoms with van der Waals surface area (Å²) >= 11 is 0. The van der Waals surface area contributed by atoms with Crippen LogP contribution in [0.2, 0.25) is 0 Å². The van der Waals surface area contributed by atoms with Crippen molar-refractivity contribution in [1.29, 1.82) is 0 Å². The van der Waals surface area contributed by atoms with Gasteiger partial charge in [-0.3, -0.25) is 9.48 Å². The molecule has 0 bridgehead atoms. The molecule has 1 atom stereocenters. The lowest BCUT2D eigenvalue weighted by molar-refractivity contribution is 0.0456. The zero-order valence-electron chi connectivity index (χ0n) is 10.9. The summed E-state index contributed by atoms with van der Waals surface area (Å²) in [5, 5.41) is 4.01. The van der Waals surface area contributed by atoms with Gasteiger partial charge >= 0.3 is 0 Å². The van der Waals surface area contributed by atoms with Gasteiger partial charge in [0.25, 0.3) is 5.91 Å². The van der Waals surface area contributed by atoms with Crippen LogP contribution >= 0.6 is 0 Å². The molecule has 0 spiro atoms. The molecular formula is C12H20N4O2. The Hall–Kier alpha value is -1.56. The highest BCUT2D eigenvalue weighted by molar-refractivity contribution is 5.97. The molecule has 2 N–H and O–H groups in total. The molecule has 0 aliphatic carbocycles. The Morgan fingerprint density at radius 3 is 3.06 bits per heavy atom. The Balaban J connectivity index is 2.17. The van der Waals surface area contributed by atoms with Gasteiger partial charge in [-0.2, -0.15) is 5.10 Å². The molecule has 2 rings (SSSR count). The minimum absolute atomic E-state index is 0.0588. The summed E-state index contributed by atoms with van der Waals surface area (Å²) in [4.78, 5) is 14.3. The second-order valence-electron chi connectivity index (χ2n) is 4.58. The van der Waals surface area contributed by atoms with Crippen LogP contribution in [0.15, 0.2) is 6.20 Å². The first kappa shape index (κ1) is 12.9. The van der Waals surface area contributed by atoms with Gasteiger partial charge in [0.1, 0.15) is 5.69 Å². The number of ether oxygens (including phenoxy) is 1. The molecule has 0 radical (unpaired) electrons. The lowest BCUT2D eigenvalue weighted by Crippen LogP contribution is -2.37. The maximum atomic E-state index is 12.4. The van der Waals surface area contributed by atoms with Crippen molar-refractivity contribution < 1.29 is 9.53 Å². The predicted octanol–water partition coefficient (Wildman–Crippen LogP) is 0.643. The van der Waals surface area contributed by atoms with Gasteiger partial charge in [-0.1, -0.05) is 6.92 Å². The molecule has 0 aromatic carbocycles. The van der Waals surface area contributed by atoms with E-state index in [0.29, 0.717) is 31.1 Å². The van der Waals surface area contributed by atoms with Crippen molar-refractivity contribution in [2.24, 2.45) is 7.05 Å². The van der Waals surface area contributed by atoms with Crippen LogP contribution in [0.25, 0.3) is 0 Å². The molecule has 6 heteroatoms. The van der Waals surface area contributed by atoms with E-state index in [2.05, 4.69) is 12.0 Å². The van der Waals surface area contributed by atoms with Crippen LogP contribution < -0.4 is 5.73 Å². The van der Waals surface area contributed by atoms with E-state index in [4.69, 9.17) is 10.5 Å². The predicted molar refractivity (Wildman–Crippen MR) is 68.2 cm³/mol. The molecule has 1 fully saturated rings. The molecule has 1 aromatic heterocycles. The molecular weight excluding hydrogens is 232 g/mol. The number of nitrogen functional groups attached to an aromatic ring is 1. The average Bonchev–Trinajstić information content (AvgIpc) is 2.58. The molecule has 6 nitrogen and oxygen atoms in total. The summed E-state index contributed by atoms with van der Waals surface area (Å²) < 4.78 is 7.19. The Kier molecular flexibility index (Phi) is 3.86. The summed E-state index contributed by atoms with van der Waals surface area (Å²) in [5.74, 6) is -0.0588. The van der Waals surface area contributed by atoms with E-state index in [1.54, 1.807) is 7.05 Å². The number of nitrogens with two attached hydrogens (primary N) is 1. The van der Waals surface area contributed by atoms with Gasteiger partial charge in [-0.05, 0) is 12.8 Å². The van der Waals surface area contributed by atoms with Gasteiger partial charge in [0.15, 0.2) is 0 Å². The van der Waals surface area contributed by atoms with Crippen LogP contribution in [0.1, 0.15) is 30.3 Å². The second-order valence-corrected chi connectivity index (χ2v) is 4.58. The maximum absolute atomic E-state index is 12.4. The highest BCUT2D eigenvalue weighted by Gasteiger charge is 2.25. The molecule has 100 valence electrons. The number of hydrogen-bond acceptors (Lipinski definition) is 4. The first-order valence-electron chi connectivity index (χ1n) is 6.31. The molecule has 18 heavy (non-hydrogen) atoms. The molecule has 1 aromatic rings. The normalized spacial score (nSPS) is 20.8. The first-order valence-corrected chi connectivity index (χ1v) is 6.31. The van der Waals surface area contributed by atoms with Crippen LogP contribution in [0.4, 0.5) is 5.69 Å². The quantitative estimate of drug-likeness (QED) is 0.838. The van der Waals surface area contributed by atoms with Crippen molar-refractivity contribution in [3.63, 3.8) is 0 Å². The molecule has 1 saturated heterocycles. The number of rotatable bonds is 2.